The number of hydrogen-bond acceptors (Lipinski definition) is 4. The molecule has 1 saturated heterocycles. The Balaban J connectivity index is 1.91. The highest BCUT2D eigenvalue weighted by Crippen LogP contribution is 2.33. The van der Waals surface area contributed by atoms with Crippen molar-refractivity contribution in [3.05, 3.63) is 35.9 Å². The van der Waals surface area contributed by atoms with Crippen LogP contribution in [0, 0.1) is 0 Å². The van der Waals surface area contributed by atoms with Gasteiger partial charge in [0, 0.05) is 6.92 Å². The zero-order valence-electron chi connectivity index (χ0n) is 9.73. The van der Waals surface area contributed by atoms with E-state index < -0.39 is 11.8 Å². The van der Waals surface area contributed by atoms with Gasteiger partial charge in [-0.25, -0.2) is 0 Å². The second-order valence-electron chi connectivity index (χ2n) is 4.31. The molecular formula is C12H16O4. The van der Waals surface area contributed by atoms with E-state index in [1.807, 2.05) is 30.3 Å². The highest BCUT2D eigenvalue weighted by Gasteiger charge is 2.45. The fourth-order valence-electron chi connectivity index (χ4n) is 1.50. The number of ether oxygens (including phenoxy) is 2. The zero-order valence-corrected chi connectivity index (χ0v) is 9.73. The van der Waals surface area contributed by atoms with E-state index in [0.29, 0.717) is 6.61 Å². The van der Waals surface area contributed by atoms with Crippen LogP contribution in [0.4, 0.5) is 0 Å². The number of rotatable bonds is 3. The van der Waals surface area contributed by atoms with Crippen LogP contribution >= 0.6 is 0 Å². The molecule has 1 aliphatic rings. The van der Waals surface area contributed by atoms with Crippen molar-refractivity contribution in [1.82, 2.24) is 0 Å². The van der Waals surface area contributed by atoms with Gasteiger partial charge in [0.15, 0.2) is 0 Å². The number of benzene rings is 1. The lowest BCUT2D eigenvalue weighted by molar-refractivity contribution is -0.412. The Morgan fingerprint density at radius 3 is 2.31 bits per heavy atom. The molecule has 1 fully saturated rings. The lowest BCUT2D eigenvalue weighted by atomic mass is 10.2. The van der Waals surface area contributed by atoms with Gasteiger partial charge in [-0.05, 0) is 19.4 Å². The largest absolute Gasteiger partial charge is 0.321 e. The van der Waals surface area contributed by atoms with Crippen molar-refractivity contribution in [2.24, 2.45) is 0 Å². The fourth-order valence-corrected chi connectivity index (χ4v) is 1.50. The maximum absolute atomic E-state index is 5.54. The normalized spacial score (nSPS) is 28.2. The van der Waals surface area contributed by atoms with Crippen molar-refractivity contribution < 1.29 is 19.2 Å². The molecule has 0 amide bonds. The summed E-state index contributed by atoms with van der Waals surface area (Å²) in [7, 11) is 0. The van der Waals surface area contributed by atoms with E-state index in [-0.39, 0.29) is 0 Å². The van der Waals surface area contributed by atoms with Gasteiger partial charge in [-0.1, -0.05) is 30.3 Å². The van der Waals surface area contributed by atoms with Crippen molar-refractivity contribution in [1.29, 1.82) is 0 Å². The first-order valence-corrected chi connectivity index (χ1v) is 5.24. The van der Waals surface area contributed by atoms with Gasteiger partial charge in [-0.15, -0.1) is 0 Å². The third-order valence-corrected chi connectivity index (χ3v) is 2.17. The molecule has 0 saturated carbocycles. The summed E-state index contributed by atoms with van der Waals surface area (Å²) in [6.07, 6.45) is 0. The second-order valence-corrected chi connectivity index (χ2v) is 4.31. The minimum atomic E-state index is -1.14. The van der Waals surface area contributed by atoms with Gasteiger partial charge in [0.25, 0.3) is 0 Å². The molecule has 1 unspecified atom stereocenters. The minimum Gasteiger partial charge on any atom is -0.321 e. The summed E-state index contributed by atoms with van der Waals surface area (Å²) in [6, 6.07) is 9.82. The predicted octanol–water partition coefficient (Wildman–Crippen LogP) is 2.59. The highest BCUT2D eigenvalue weighted by atomic mass is 17.3. The quantitative estimate of drug-likeness (QED) is 0.739. The van der Waals surface area contributed by atoms with Gasteiger partial charge >= 0.3 is 5.97 Å². The SMILES string of the molecule is CC1(C)OOC(C)(OCc2ccccc2)O1. The van der Waals surface area contributed by atoms with Crippen LogP contribution in [0.15, 0.2) is 30.3 Å². The van der Waals surface area contributed by atoms with E-state index in [1.54, 1.807) is 20.8 Å². The molecular weight excluding hydrogens is 208 g/mol. The molecule has 88 valence electrons. The topological polar surface area (TPSA) is 36.9 Å². The summed E-state index contributed by atoms with van der Waals surface area (Å²) in [4.78, 5) is 10.0. The maximum atomic E-state index is 5.54. The molecule has 4 heteroatoms. The molecule has 1 aromatic carbocycles. The Labute approximate surface area is 95.0 Å². The maximum Gasteiger partial charge on any atom is 0.312 e. The smallest absolute Gasteiger partial charge is 0.312 e. The zero-order chi connectivity index (χ0) is 11.6. The summed E-state index contributed by atoms with van der Waals surface area (Å²) in [6.45, 7) is 5.63. The van der Waals surface area contributed by atoms with Gasteiger partial charge in [0.05, 0.1) is 6.61 Å². The monoisotopic (exact) mass is 224 g/mol. The van der Waals surface area contributed by atoms with E-state index in [4.69, 9.17) is 19.2 Å². The standard InChI is InChI=1S/C12H16O4/c1-11(2)14-12(3,16-15-11)13-9-10-7-5-4-6-8-10/h4-8H,9H2,1-3H3. The van der Waals surface area contributed by atoms with Crippen LogP contribution in [0.2, 0.25) is 0 Å². The Kier molecular flexibility index (Phi) is 2.99. The summed E-state index contributed by atoms with van der Waals surface area (Å²) in [5, 5.41) is 0. The molecule has 1 aromatic rings. The van der Waals surface area contributed by atoms with Crippen LogP contribution in [0.25, 0.3) is 0 Å². The molecule has 0 spiro atoms. The van der Waals surface area contributed by atoms with Gasteiger partial charge in [-0.2, -0.15) is 9.78 Å². The minimum absolute atomic E-state index is 0.413. The van der Waals surface area contributed by atoms with E-state index in [2.05, 4.69) is 0 Å². The molecule has 16 heavy (non-hydrogen) atoms. The molecule has 0 N–H and O–H groups in total. The fraction of sp³-hybridized carbons (Fsp3) is 0.500. The van der Waals surface area contributed by atoms with Gasteiger partial charge in [-0.3, -0.25) is 4.74 Å². The summed E-state index contributed by atoms with van der Waals surface area (Å²) >= 11 is 0. The molecule has 1 atom stereocenters. The van der Waals surface area contributed by atoms with Crippen molar-refractivity contribution in [3.8, 4) is 0 Å². The van der Waals surface area contributed by atoms with Crippen LogP contribution in [0.3, 0.4) is 0 Å². The van der Waals surface area contributed by atoms with Crippen molar-refractivity contribution in [2.75, 3.05) is 0 Å². The van der Waals surface area contributed by atoms with Gasteiger partial charge < -0.3 is 4.74 Å². The molecule has 0 aliphatic carbocycles. The molecule has 4 nitrogen and oxygen atoms in total. The van der Waals surface area contributed by atoms with E-state index >= 15 is 0 Å². The lowest BCUT2D eigenvalue weighted by Gasteiger charge is -2.21. The lowest BCUT2D eigenvalue weighted by Crippen LogP contribution is -2.32. The molecule has 1 aliphatic heterocycles. The van der Waals surface area contributed by atoms with Crippen molar-refractivity contribution in [2.45, 2.75) is 39.1 Å². The van der Waals surface area contributed by atoms with Crippen molar-refractivity contribution in [3.63, 3.8) is 0 Å². The van der Waals surface area contributed by atoms with Crippen LogP contribution < -0.4 is 0 Å². The summed E-state index contributed by atoms with van der Waals surface area (Å²) in [5.74, 6) is -1.91. The first-order valence-electron chi connectivity index (χ1n) is 5.24. The average Bonchev–Trinajstić information content (AvgIpc) is 2.53. The molecule has 2 rings (SSSR count). The Morgan fingerprint density at radius 1 is 1.06 bits per heavy atom. The van der Waals surface area contributed by atoms with E-state index in [9.17, 15) is 0 Å². The van der Waals surface area contributed by atoms with Crippen LogP contribution in [0.5, 0.6) is 0 Å². The second kappa shape index (κ2) is 4.14. The molecule has 0 radical (unpaired) electrons. The molecule has 0 aromatic heterocycles. The van der Waals surface area contributed by atoms with E-state index in [1.165, 1.54) is 0 Å². The van der Waals surface area contributed by atoms with Crippen LogP contribution in [0.1, 0.15) is 26.3 Å². The Bertz CT molecular complexity index is 349. The van der Waals surface area contributed by atoms with Crippen LogP contribution in [-0.4, -0.2) is 11.8 Å². The van der Waals surface area contributed by atoms with Crippen molar-refractivity contribution >= 4 is 0 Å². The third kappa shape index (κ3) is 2.80. The molecule has 1 heterocycles. The average molecular weight is 224 g/mol. The highest BCUT2D eigenvalue weighted by molar-refractivity contribution is 5.13. The third-order valence-electron chi connectivity index (χ3n) is 2.17. The summed E-state index contributed by atoms with van der Waals surface area (Å²) < 4.78 is 11.0. The Hall–Kier alpha value is -0.940. The first-order chi connectivity index (χ1) is 7.49. The molecule has 0 bridgehead atoms. The number of hydrogen-bond donors (Lipinski definition) is 0. The predicted molar refractivity (Wildman–Crippen MR) is 57.0 cm³/mol. The van der Waals surface area contributed by atoms with E-state index in [0.717, 1.165) is 5.56 Å². The van der Waals surface area contributed by atoms with Gasteiger partial charge in [0.1, 0.15) is 0 Å². The van der Waals surface area contributed by atoms with Crippen LogP contribution in [-0.2, 0) is 25.9 Å². The van der Waals surface area contributed by atoms with Gasteiger partial charge in [0.2, 0.25) is 5.79 Å². The first kappa shape index (κ1) is 11.5. The Morgan fingerprint density at radius 2 is 1.75 bits per heavy atom. The summed E-state index contributed by atoms with van der Waals surface area (Å²) in [5.41, 5.74) is 1.06.